The van der Waals surface area contributed by atoms with E-state index < -0.39 is 23.8 Å². The number of unbranched alkanes of at least 4 members (excludes halogenated alkanes) is 1. The van der Waals surface area contributed by atoms with Gasteiger partial charge in [-0.1, -0.05) is 78.9 Å². The first kappa shape index (κ1) is 36.1. The summed E-state index contributed by atoms with van der Waals surface area (Å²) in [5.74, 6) is -0.519. The molecule has 0 radical (unpaired) electrons. The SMILES string of the molecule is CN(CCCC(=O)[C@H](CCCCNC(=O)OC(C)(C)C)NC(=O)COC1c2ccccc2-c2ccccc21)C(=O)OCc1ccccc1. The van der Waals surface area contributed by atoms with Gasteiger partial charge in [0.25, 0.3) is 0 Å². The molecule has 1 aliphatic rings. The van der Waals surface area contributed by atoms with E-state index in [0.29, 0.717) is 38.8 Å². The van der Waals surface area contributed by atoms with E-state index in [-0.39, 0.29) is 37.4 Å². The Kier molecular flexibility index (Phi) is 13.1. The number of Topliss-reactive ketones (excluding diaryl/α,β-unsaturated/α-hetero) is 1. The zero-order valence-electron chi connectivity index (χ0n) is 28.3. The van der Waals surface area contributed by atoms with Crippen molar-refractivity contribution in [1.82, 2.24) is 15.5 Å². The van der Waals surface area contributed by atoms with Crippen molar-refractivity contribution >= 4 is 23.9 Å². The number of ketones is 1. The van der Waals surface area contributed by atoms with Crippen molar-refractivity contribution in [2.75, 3.05) is 26.7 Å². The van der Waals surface area contributed by atoms with Gasteiger partial charge in [-0.3, -0.25) is 9.59 Å². The van der Waals surface area contributed by atoms with Gasteiger partial charge >= 0.3 is 12.2 Å². The van der Waals surface area contributed by atoms with Crippen molar-refractivity contribution in [3.63, 3.8) is 0 Å². The lowest BCUT2D eigenvalue weighted by Gasteiger charge is -2.21. The number of carbonyl (C=O) groups excluding carboxylic acids is 4. The minimum atomic E-state index is -0.735. The Morgan fingerprint density at radius 1 is 0.833 bits per heavy atom. The van der Waals surface area contributed by atoms with E-state index in [2.05, 4.69) is 10.6 Å². The number of carbonyl (C=O) groups is 4. The Morgan fingerprint density at radius 2 is 1.46 bits per heavy atom. The lowest BCUT2D eigenvalue weighted by molar-refractivity contribution is -0.131. The quantitative estimate of drug-likeness (QED) is 0.167. The average Bonchev–Trinajstić information content (AvgIpc) is 3.38. The molecule has 1 atom stereocenters. The molecule has 10 nitrogen and oxygen atoms in total. The zero-order valence-corrected chi connectivity index (χ0v) is 28.3. The van der Waals surface area contributed by atoms with Crippen molar-refractivity contribution in [2.24, 2.45) is 0 Å². The molecular weight excluding hydrogens is 610 g/mol. The van der Waals surface area contributed by atoms with Gasteiger partial charge in [-0.2, -0.15) is 0 Å². The molecule has 0 unspecified atom stereocenters. The number of hydrogen-bond donors (Lipinski definition) is 2. The second-order valence-electron chi connectivity index (χ2n) is 12.9. The molecule has 0 bridgehead atoms. The van der Waals surface area contributed by atoms with Gasteiger partial charge in [0.15, 0.2) is 5.78 Å². The normalized spacial score (nSPS) is 12.8. The fourth-order valence-corrected chi connectivity index (χ4v) is 5.56. The van der Waals surface area contributed by atoms with Crippen molar-refractivity contribution in [3.05, 3.63) is 95.6 Å². The summed E-state index contributed by atoms with van der Waals surface area (Å²) in [5, 5.41) is 5.61. The van der Waals surface area contributed by atoms with Crippen LogP contribution in [0.1, 0.15) is 75.7 Å². The molecule has 0 aliphatic heterocycles. The van der Waals surface area contributed by atoms with Crippen LogP contribution in [0.25, 0.3) is 11.1 Å². The largest absolute Gasteiger partial charge is 0.445 e. The van der Waals surface area contributed by atoms with Crippen molar-refractivity contribution in [2.45, 2.75) is 77.2 Å². The first-order chi connectivity index (χ1) is 23.0. The number of hydrogen-bond acceptors (Lipinski definition) is 7. The molecule has 48 heavy (non-hydrogen) atoms. The lowest BCUT2D eigenvalue weighted by Crippen LogP contribution is -2.43. The van der Waals surface area contributed by atoms with Crippen LogP contribution in [-0.2, 0) is 30.4 Å². The molecule has 0 fully saturated rings. The summed E-state index contributed by atoms with van der Waals surface area (Å²) in [6.45, 7) is 6.04. The first-order valence-corrected chi connectivity index (χ1v) is 16.5. The molecule has 0 aromatic heterocycles. The van der Waals surface area contributed by atoms with Gasteiger partial charge in [-0.15, -0.1) is 0 Å². The van der Waals surface area contributed by atoms with E-state index in [0.717, 1.165) is 27.8 Å². The highest BCUT2D eigenvalue weighted by atomic mass is 16.6. The summed E-state index contributed by atoms with van der Waals surface area (Å²) in [7, 11) is 1.63. The summed E-state index contributed by atoms with van der Waals surface area (Å²) in [4.78, 5) is 52.4. The van der Waals surface area contributed by atoms with Crippen LogP contribution >= 0.6 is 0 Å². The van der Waals surface area contributed by atoms with E-state index in [1.807, 2.05) is 78.9 Å². The second-order valence-corrected chi connectivity index (χ2v) is 12.9. The van der Waals surface area contributed by atoms with Crippen LogP contribution in [0.5, 0.6) is 0 Å². The summed E-state index contributed by atoms with van der Waals surface area (Å²) in [6, 6.07) is 24.6. The summed E-state index contributed by atoms with van der Waals surface area (Å²) < 4.78 is 16.8. The molecular formula is C38H47N3O7. The Bertz CT molecular complexity index is 1490. The second kappa shape index (κ2) is 17.5. The molecule has 3 amide bonds. The van der Waals surface area contributed by atoms with Crippen LogP contribution in [0.4, 0.5) is 9.59 Å². The molecule has 0 heterocycles. The van der Waals surface area contributed by atoms with Gasteiger partial charge in [-0.25, -0.2) is 9.59 Å². The third-order valence-corrected chi connectivity index (χ3v) is 7.90. The monoisotopic (exact) mass is 657 g/mol. The Morgan fingerprint density at radius 3 is 2.10 bits per heavy atom. The molecule has 0 saturated heterocycles. The standard InChI is InChI=1S/C38H47N3O7/c1-38(2,3)48-36(44)39-23-13-12-21-32(33(42)22-14-24-41(4)37(45)47-25-27-15-6-5-7-16-27)40-34(43)26-46-35-30-19-10-8-17-28(30)29-18-9-11-20-31(29)35/h5-11,15-20,32,35H,12-14,21-26H2,1-4H3,(H,39,44)(H,40,43)/t32-/m0/s1. The summed E-state index contributed by atoms with van der Waals surface area (Å²) in [5.41, 5.74) is 4.47. The van der Waals surface area contributed by atoms with Crippen LogP contribution in [-0.4, -0.2) is 67.2 Å². The van der Waals surface area contributed by atoms with Gasteiger partial charge in [-0.05, 0) is 74.3 Å². The van der Waals surface area contributed by atoms with Gasteiger partial charge in [0.05, 0.1) is 6.04 Å². The molecule has 3 aromatic rings. The van der Waals surface area contributed by atoms with Crippen molar-refractivity contribution in [1.29, 1.82) is 0 Å². The molecule has 0 spiro atoms. The Hall–Kier alpha value is -4.70. The molecule has 3 aromatic carbocycles. The minimum absolute atomic E-state index is 0.133. The maximum Gasteiger partial charge on any atom is 0.409 e. The zero-order chi connectivity index (χ0) is 34.5. The van der Waals surface area contributed by atoms with E-state index in [9.17, 15) is 19.2 Å². The number of rotatable bonds is 16. The number of amides is 3. The number of nitrogens with one attached hydrogen (secondary N) is 2. The highest BCUT2D eigenvalue weighted by Gasteiger charge is 2.30. The fraction of sp³-hybridized carbons (Fsp3) is 0.421. The number of ether oxygens (including phenoxy) is 3. The maximum atomic E-state index is 13.4. The van der Waals surface area contributed by atoms with Crippen LogP contribution in [0.2, 0.25) is 0 Å². The average molecular weight is 658 g/mol. The van der Waals surface area contributed by atoms with Crippen LogP contribution in [0.3, 0.4) is 0 Å². The number of nitrogens with zero attached hydrogens (tertiary/aromatic N) is 1. The molecule has 4 rings (SSSR count). The van der Waals surface area contributed by atoms with E-state index in [4.69, 9.17) is 14.2 Å². The smallest absolute Gasteiger partial charge is 0.409 e. The van der Waals surface area contributed by atoms with Gasteiger partial charge in [0, 0.05) is 26.6 Å². The van der Waals surface area contributed by atoms with Crippen LogP contribution < -0.4 is 10.6 Å². The summed E-state index contributed by atoms with van der Waals surface area (Å²) >= 11 is 0. The molecule has 0 saturated carbocycles. The van der Waals surface area contributed by atoms with Crippen LogP contribution in [0.15, 0.2) is 78.9 Å². The number of fused-ring (bicyclic) bond motifs is 3. The molecule has 10 heteroatoms. The van der Waals surface area contributed by atoms with Crippen molar-refractivity contribution in [3.8, 4) is 11.1 Å². The fourth-order valence-electron chi connectivity index (χ4n) is 5.56. The predicted molar refractivity (Wildman–Crippen MR) is 183 cm³/mol. The van der Waals surface area contributed by atoms with E-state index in [1.54, 1.807) is 27.8 Å². The number of benzene rings is 3. The van der Waals surface area contributed by atoms with Crippen LogP contribution in [0, 0.1) is 0 Å². The van der Waals surface area contributed by atoms with Gasteiger partial charge in [0.1, 0.15) is 24.9 Å². The Balaban J connectivity index is 1.29. The van der Waals surface area contributed by atoms with E-state index >= 15 is 0 Å². The molecule has 1 aliphatic carbocycles. The number of alkyl carbamates (subject to hydrolysis) is 1. The van der Waals surface area contributed by atoms with Crippen molar-refractivity contribution < 1.29 is 33.4 Å². The lowest BCUT2D eigenvalue weighted by atomic mass is 10.0. The Labute approximate surface area is 283 Å². The first-order valence-electron chi connectivity index (χ1n) is 16.5. The maximum absolute atomic E-state index is 13.4. The van der Waals surface area contributed by atoms with Gasteiger partial charge in [0.2, 0.25) is 5.91 Å². The minimum Gasteiger partial charge on any atom is -0.445 e. The topological polar surface area (TPSA) is 123 Å². The predicted octanol–water partition coefficient (Wildman–Crippen LogP) is 6.57. The van der Waals surface area contributed by atoms with Gasteiger partial charge < -0.3 is 29.7 Å². The third-order valence-electron chi connectivity index (χ3n) is 7.90. The molecule has 256 valence electrons. The van der Waals surface area contributed by atoms with E-state index in [1.165, 1.54) is 4.90 Å². The highest BCUT2D eigenvalue weighted by molar-refractivity contribution is 5.89. The summed E-state index contributed by atoms with van der Waals surface area (Å²) in [6.07, 6.45) is 0.806. The highest BCUT2D eigenvalue weighted by Crippen LogP contribution is 2.44. The third kappa shape index (κ3) is 10.9. The molecule has 2 N–H and O–H groups in total.